The van der Waals surface area contributed by atoms with Gasteiger partial charge in [0.15, 0.2) is 0 Å². The molecule has 4 heterocycles. The minimum atomic E-state index is -0.366. The number of para-hydroxylation sites is 2. The zero-order valence-corrected chi connectivity index (χ0v) is 20.5. The number of aromatic nitrogens is 4. The Kier molecular flexibility index (Phi) is 5.59. The van der Waals surface area contributed by atoms with Crippen molar-refractivity contribution in [2.45, 2.75) is 46.0 Å². The molecule has 0 amide bonds. The highest BCUT2D eigenvalue weighted by Crippen LogP contribution is 2.61. The highest BCUT2D eigenvalue weighted by molar-refractivity contribution is 8.05. The van der Waals surface area contributed by atoms with Gasteiger partial charge >= 0.3 is 5.69 Å². The number of thioether (sulfide) groups is 2. The molecule has 0 saturated carbocycles. The van der Waals surface area contributed by atoms with Crippen molar-refractivity contribution in [3.05, 3.63) is 74.5 Å². The van der Waals surface area contributed by atoms with Gasteiger partial charge in [-0.1, -0.05) is 43.8 Å². The zero-order chi connectivity index (χ0) is 22.5. The molecule has 32 heavy (non-hydrogen) atoms. The van der Waals surface area contributed by atoms with E-state index in [0.29, 0.717) is 23.1 Å². The number of thiophene rings is 1. The van der Waals surface area contributed by atoms with Gasteiger partial charge in [-0.05, 0) is 35.9 Å². The summed E-state index contributed by atoms with van der Waals surface area (Å²) in [7, 11) is 1.55. The summed E-state index contributed by atoms with van der Waals surface area (Å²) in [5.74, 6) is 0.411. The molecule has 0 saturated heterocycles. The average Bonchev–Trinajstić information content (AvgIpc) is 3.46. The lowest BCUT2D eigenvalue weighted by Gasteiger charge is -2.36. The second-order valence-corrected chi connectivity index (χ2v) is 12.4. The number of H-pyrrole nitrogens is 1. The van der Waals surface area contributed by atoms with E-state index in [1.807, 2.05) is 30.6 Å². The van der Waals surface area contributed by atoms with Crippen LogP contribution >= 0.6 is 34.9 Å². The first-order valence-corrected chi connectivity index (χ1v) is 13.1. The smallest absolute Gasteiger partial charge is 0.328 e. The number of nitrogens with one attached hydrogen (secondary N) is 1. The Morgan fingerprint density at radius 1 is 1.22 bits per heavy atom. The van der Waals surface area contributed by atoms with Gasteiger partial charge in [0.25, 0.3) is 5.56 Å². The van der Waals surface area contributed by atoms with Crippen LogP contribution in [0.15, 0.2) is 66.9 Å². The molecular weight excluding hydrogens is 460 g/mol. The van der Waals surface area contributed by atoms with E-state index in [4.69, 9.17) is 0 Å². The van der Waals surface area contributed by atoms with Crippen LogP contribution in [0, 0.1) is 5.92 Å². The summed E-state index contributed by atoms with van der Waals surface area (Å²) in [5.41, 5.74) is 2.18. The van der Waals surface area contributed by atoms with Crippen LogP contribution in [0.3, 0.4) is 0 Å². The topological polar surface area (TPSA) is 72.7 Å². The predicted molar refractivity (Wildman–Crippen MR) is 133 cm³/mol. The van der Waals surface area contributed by atoms with Crippen LogP contribution in [-0.4, -0.2) is 23.8 Å². The summed E-state index contributed by atoms with van der Waals surface area (Å²) in [4.78, 5) is 33.3. The molecule has 2 atom stereocenters. The minimum Gasteiger partial charge on any atom is -0.329 e. The summed E-state index contributed by atoms with van der Waals surface area (Å²) in [6.45, 7) is 5.12. The molecule has 1 N–H and O–H groups in total. The maximum absolute atomic E-state index is 13.3. The number of aromatic amines is 1. The van der Waals surface area contributed by atoms with E-state index in [2.05, 4.69) is 45.9 Å². The fraction of sp³-hybridized carbons (Fsp3) is 0.348. The maximum Gasteiger partial charge on any atom is 0.328 e. The first-order chi connectivity index (χ1) is 15.4. The molecule has 6 nitrogen and oxygen atoms in total. The third-order valence-electron chi connectivity index (χ3n) is 5.80. The summed E-state index contributed by atoms with van der Waals surface area (Å²) in [5, 5.41) is 2.67. The average molecular weight is 485 g/mol. The van der Waals surface area contributed by atoms with Crippen molar-refractivity contribution in [1.29, 1.82) is 0 Å². The van der Waals surface area contributed by atoms with Gasteiger partial charge in [0.1, 0.15) is 0 Å². The van der Waals surface area contributed by atoms with Gasteiger partial charge in [0.2, 0.25) is 0 Å². The van der Waals surface area contributed by atoms with E-state index >= 15 is 0 Å². The first-order valence-electron chi connectivity index (χ1n) is 10.5. The number of hydrogen-bond acceptors (Lipinski definition) is 6. The van der Waals surface area contributed by atoms with Crippen molar-refractivity contribution in [1.82, 2.24) is 19.1 Å². The van der Waals surface area contributed by atoms with Crippen LogP contribution in [0.2, 0.25) is 0 Å². The molecule has 5 rings (SSSR count). The number of nitrogens with zero attached hydrogens (tertiary/aromatic N) is 3. The van der Waals surface area contributed by atoms with Gasteiger partial charge in [-0.2, -0.15) is 0 Å². The molecule has 1 aliphatic heterocycles. The van der Waals surface area contributed by atoms with E-state index in [0.717, 1.165) is 17.5 Å². The van der Waals surface area contributed by atoms with Crippen molar-refractivity contribution in [2.24, 2.45) is 13.0 Å². The van der Waals surface area contributed by atoms with E-state index < -0.39 is 0 Å². The van der Waals surface area contributed by atoms with Crippen molar-refractivity contribution in [3.63, 3.8) is 0 Å². The fourth-order valence-electron chi connectivity index (χ4n) is 4.51. The van der Waals surface area contributed by atoms with Crippen molar-refractivity contribution >= 4 is 45.9 Å². The lowest BCUT2D eigenvalue weighted by Crippen LogP contribution is -2.38. The standard InChI is InChI=1S/C23H24N4O2S3/c1-14(2)11-23(12-27-13-24-15-7-4-5-8-16(15)27)19(31-17-9-6-10-30-17)18-20(32-23)25-22(29)26(3)21(18)28/h4-10,13-14,19H,11-12H2,1-3H3,(H,25,29). The molecule has 0 fully saturated rings. The predicted octanol–water partition coefficient (Wildman–Crippen LogP) is 4.91. The molecule has 0 aliphatic carbocycles. The minimum absolute atomic E-state index is 0.0970. The third kappa shape index (κ3) is 3.66. The Labute approximate surface area is 198 Å². The van der Waals surface area contributed by atoms with Crippen LogP contribution in [0.5, 0.6) is 0 Å². The van der Waals surface area contributed by atoms with Gasteiger partial charge in [0, 0.05) is 13.6 Å². The monoisotopic (exact) mass is 484 g/mol. The van der Waals surface area contributed by atoms with Gasteiger partial charge in [-0.25, -0.2) is 9.78 Å². The molecule has 1 aliphatic rings. The van der Waals surface area contributed by atoms with Crippen LogP contribution in [-0.2, 0) is 13.6 Å². The number of fused-ring (bicyclic) bond motifs is 2. The largest absolute Gasteiger partial charge is 0.329 e. The Balaban J connectivity index is 1.69. The lowest BCUT2D eigenvalue weighted by molar-refractivity contribution is 0.402. The Morgan fingerprint density at radius 3 is 2.78 bits per heavy atom. The van der Waals surface area contributed by atoms with Gasteiger partial charge in [0.05, 0.1) is 42.2 Å². The molecule has 0 radical (unpaired) electrons. The SMILES string of the molecule is CC(C)CC1(Cn2cnc3ccccc32)Sc2[nH]c(=O)n(C)c(=O)c2C1Sc1cccs1. The summed E-state index contributed by atoms with van der Waals surface area (Å²) in [6.07, 6.45) is 2.79. The molecule has 9 heteroatoms. The first kappa shape index (κ1) is 21.6. The number of hydrogen-bond donors (Lipinski definition) is 1. The molecule has 4 aromatic rings. The Morgan fingerprint density at radius 2 is 2.03 bits per heavy atom. The second-order valence-electron chi connectivity index (χ2n) is 8.59. The van der Waals surface area contributed by atoms with Gasteiger partial charge < -0.3 is 9.55 Å². The van der Waals surface area contributed by atoms with Crippen LogP contribution in [0.25, 0.3) is 11.0 Å². The van der Waals surface area contributed by atoms with E-state index in [1.54, 1.807) is 41.9 Å². The van der Waals surface area contributed by atoms with Gasteiger partial charge in [-0.15, -0.1) is 23.1 Å². The Bertz CT molecular complexity index is 1390. The van der Waals surface area contributed by atoms with Crippen LogP contribution in [0.1, 0.15) is 31.1 Å². The molecule has 2 unspecified atom stereocenters. The van der Waals surface area contributed by atoms with Crippen molar-refractivity contribution in [2.75, 3.05) is 0 Å². The van der Waals surface area contributed by atoms with E-state index in [1.165, 1.54) is 8.78 Å². The highest BCUT2D eigenvalue weighted by atomic mass is 32.2. The molecule has 1 aromatic carbocycles. The summed E-state index contributed by atoms with van der Waals surface area (Å²) in [6, 6.07) is 12.3. The number of benzene rings is 1. The van der Waals surface area contributed by atoms with E-state index in [9.17, 15) is 9.59 Å². The molecule has 166 valence electrons. The van der Waals surface area contributed by atoms with Crippen LogP contribution < -0.4 is 11.2 Å². The van der Waals surface area contributed by atoms with Gasteiger partial charge in [-0.3, -0.25) is 9.36 Å². The van der Waals surface area contributed by atoms with Crippen molar-refractivity contribution < 1.29 is 0 Å². The van der Waals surface area contributed by atoms with Crippen LogP contribution in [0.4, 0.5) is 0 Å². The second kappa shape index (κ2) is 8.28. The summed E-state index contributed by atoms with van der Waals surface area (Å²) >= 11 is 5.07. The van der Waals surface area contributed by atoms with E-state index in [-0.39, 0.29) is 21.2 Å². The zero-order valence-electron chi connectivity index (χ0n) is 18.1. The maximum atomic E-state index is 13.3. The third-order valence-corrected chi connectivity index (χ3v) is 9.94. The highest BCUT2D eigenvalue weighted by Gasteiger charge is 2.51. The lowest BCUT2D eigenvalue weighted by atomic mass is 9.90. The normalized spacial score (nSPS) is 20.3. The quantitative estimate of drug-likeness (QED) is 0.394. The number of imidazole rings is 1. The molecular formula is C23H24N4O2S3. The molecule has 0 bridgehead atoms. The Hall–Kier alpha value is -2.23. The van der Waals surface area contributed by atoms with Crippen molar-refractivity contribution in [3.8, 4) is 0 Å². The molecule has 0 spiro atoms. The number of rotatable bonds is 6. The fourth-order valence-corrected chi connectivity index (χ4v) is 8.81. The molecule has 3 aromatic heterocycles. The summed E-state index contributed by atoms with van der Waals surface area (Å²) < 4.78 is 4.24.